The fourth-order valence-electron chi connectivity index (χ4n) is 4.99. The van der Waals surface area contributed by atoms with E-state index in [0.29, 0.717) is 34.6 Å². The van der Waals surface area contributed by atoms with E-state index in [1.807, 2.05) is 12.1 Å². The molecule has 2 aromatic carbocycles. The fourth-order valence-corrected chi connectivity index (χ4v) is 5.62. The number of piperazine rings is 1. The van der Waals surface area contributed by atoms with Crippen molar-refractivity contribution < 1.29 is 26.3 Å². The first kappa shape index (κ1) is 30.2. The van der Waals surface area contributed by atoms with Crippen LogP contribution in [0.3, 0.4) is 0 Å². The molecular weight excluding hydrogens is 581 g/mol. The highest BCUT2D eigenvalue weighted by atomic mass is 32.2. The molecule has 0 amide bonds. The molecule has 0 saturated carbocycles. The van der Waals surface area contributed by atoms with Crippen LogP contribution in [0.5, 0.6) is 5.88 Å². The predicted octanol–water partition coefficient (Wildman–Crippen LogP) is 4.78. The number of anilines is 2. The first-order valence-electron chi connectivity index (χ1n) is 13.6. The Morgan fingerprint density at radius 3 is 2.23 bits per heavy atom. The van der Waals surface area contributed by atoms with Gasteiger partial charge in [-0.15, -0.1) is 0 Å². The SMILES string of the molecule is Cc1cc(-c2c(OCCN3CCN(c4ccc(S(C)(=O)=O)cc4)CC3)nc(N)nc2-c2ccc(F)cc2)cc(C(F)F)n1. The molecule has 3 heterocycles. The molecule has 0 bridgehead atoms. The zero-order chi connectivity index (χ0) is 30.7. The van der Waals surface area contributed by atoms with Gasteiger partial charge in [0.15, 0.2) is 9.84 Å². The van der Waals surface area contributed by atoms with Crippen LogP contribution < -0.4 is 15.4 Å². The molecule has 43 heavy (non-hydrogen) atoms. The summed E-state index contributed by atoms with van der Waals surface area (Å²) in [6.07, 6.45) is -1.60. The monoisotopic (exact) mass is 612 g/mol. The van der Waals surface area contributed by atoms with Gasteiger partial charge >= 0.3 is 0 Å². The lowest BCUT2D eigenvalue weighted by atomic mass is 9.99. The van der Waals surface area contributed by atoms with Gasteiger partial charge < -0.3 is 15.4 Å². The molecule has 5 rings (SSSR count). The van der Waals surface area contributed by atoms with E-state index < -0.39 is 27.8 Å². The van der Waals surface area contributed by atoms with E-state index in [1.165, 1.54) is 36.6 Å². The number of sulfone groups is 1. The second kappa shape index (κ2) is 12.6. The number of hydrogen-bond donors (Lipinski definition) is 1. The van der Waals surface area contributed by atoms with Gasteiger partial charge in [-0.3, -0.25) is 9.88 Å². The van der Waals surface area contributed by atoms with E-state index in [2.05, 4.69) is 24.8 Å². The van der Waals surface area contributed by atoms with E-state index in [4.69, 9.17) is 10.5 Å². The zero-order valence-corrected chi connectivity index (χ0v) is 24.5. The number of aryl methyl sites for hydroxylation is 1. The van der Waals surface area contributed by atoms with Crippen LogP contribution in [0.2, 0.25) is 0 Å². The summed E-state index contributed by atoms with van der Waals surface area (Å²) in [5, 5.41) is 0. The third kappa shape index (κ3) is 7.23. The molecule has 2 N–H and O–H groups in total. The largest absolute Gasteiger partial charge is 0.476 e. The summed E-state index contributed by atoms with van der Waals surface area (Å²) in [5.74, 6) is -0.384. The highest BCUT2D eigenvalue weighted by Crippen LogP contribution is 2.39. The van der Waals surface area contributed by atoms with E-state index >= 15 is 0 Å². The normalized spacial score (nSPS) is 14.3. The standard InChI is InChI=1S/C30H31F3N6O3S/c1-19-17-21(18-25(35-19)28(32)33)26-27(20-3-5-22(31)6-4-20)36-30(34)37-29(26)42-16-15-38-11-13-39(14-12-38)23-7-9-24(10-8-23)43(2,40)41/h3-10,17-18,28H,11-16H2,1-2H3,(H2,34,36,37). The summed E-state index contributed by atoms with van der Waals surface area (Å²) in [5.41, 5.74) is 8.56. The number of alkyl halides is 2. The van der Waals surface area contributed by atoms with Crippen molar-refractivity contribution in [2.24, 2.45) is 0 Å². The van der Waals surface area contributed by atoms with Crippen LogP contribution >= 0.6 is 0 Å². The van der Waals surface area contributed by atoms with Crippen molar-refractivity contribution in [2.75, 3.05) is 56.2 Å². The number of ether oxygens (including phenoxy) is 1. The number of benzene rings is 2. The van der Waals surface area contributed by atoms with Gasteiger partial charge in [-0.2, -0.15) is 4.98 Å². The van der Waals surface area contributed by atoms with Crippen LogP contribution in [-0.4, -0.2) is 73.9 Å². The summed E-state index contributed by atoms with van der Waals surface area (Å²) >= 11 is 0. The number of nitrogens with two attached hydrogens (primary N) is 1. The van der Waals surface area contributed by atoms with E-state index in [9.17, 15) is 21.6 Å². The van der Waals surface area contributed by atoms with Gasteiger partial charge in [0.05, 0.1) is 16.2 Å². The fraction of sp³-hybridized carbons (Fsp3) is 0.300. The maximum Gasteiger partial charge on any atom is 0.280 e. The van der Waals surface area contributed by atoms with Crippen molar-refractivity contribution in [1.29, 1.82) is 0 Å². The molecule has 0 spiro atoms. The van der Waals surface area contributed by atoms with Crippen molar-refractivity contribution in [1.82, 2.24) is 19.9 Å². The number of nitrogens with zero attached hydrogens (tertiary/aromatic N) is 5. The molecule has 226 valence electrons. The highest BCUT2D eigenvalue weighted by molar-refractivity contribution is 7.90. The lowest BCUT2D eigenvalue weighted by Gasteiger charge is -2.36. The maximum atomic E-state index is 13.7. The molecule has 1 aliphatic heterocycles. The molecule has 0 atom stereocenters. The van der Waals surface area contributed by atoms with E-state index in [0.717, 1.165) is 31.9 Å². The highest BCUT2D eigenvalue weighted by Gasteiger charge is 2.23. The predicted molar refractivity (Wildman–Crippen MR) is 158 cm³/mol. The van der Waals surface area contributed by atoms with E-state index in [1.54, 1.807) is 25.1 Å². The third-order valence-corrected chi connectivity index (χ3v) is 8.27. The summed E-state index contributed by atoms with van der Waals surface area (Å²) in [6.45, 7) is 5.40. The Kier molecular flexibility index (Phi) is 8.83. The summed E-state index contributed by atoms with van der Waals surface area (Å²) in [4.78, 5) is 17.3. The van der Waals surface area contributed by atoms with Crippen LogP contribution in [0.25, 0.3) is 22.4 Å². The molecule has 9 nitrogen and oxygen atoms in total. The molecular formula is C30H31F3N6O3S. The lowest BCUT2D eigenvalue weighted by Crippen LogP contribution is -2.47. The van der Waals surface area contributed by atoms with Crippen LogP contribution in [0, 0.1) is 12.7 Å². The molecule has 4 aromatic rings. The van der Waals surface area contributed by atoms with Crippen LogP contribution in [0.4, 0.5) is 24.8 Å². The Hall–Kier alpha value is -4.23. The van der Waals surface area contributed by atoms with Gasteiger partial charge in [0.25, 0.3) is 6.43 Å². The van der Waals surface area contributed by atoms with Crippen LogP contribution in [0.1, 0.15) is 17.8 Å². The molecule has 0 aliphatic carbocycles. The average molecular weight is 613 g/mol. The first-order valence-corrected chi connectivity index (χ1v) is 15.5. The Morgan fingerprint density at radius 1 is 0.930 bits per heavy atom. The van der Waals surface area contributed by atoms with Crippen molar-refractivity contribution in [3.05, 3.63) is 77.9 Å². The number of pyridine rings is 1. The number of halogens is 3. The quantitative estimate of drug-likeness (QED) is 0.285. The Bertz CT molecular complexity index is 1700. The number of aromatic nitrogens is 3. The zero-order valence-electron chi connectivity index (χ0n) is 23.7. The molecule has 13 heteroatoms. The minimum Gasteiger partial charge on any atom is -0.476 e. The van der Waals surface area contributed by atoms with Gasteiger partial charge in [-0.25, -0.2) is 26.6 Å². The van der Waals surface area contributed by atoms with Crippen LogP contribution in [0.15, 0.2) is 65.6 Å². The number of nitrogen functional groups attached to an aromatic ring is 1. The van der Waals surface area contributed by atoms with E-state index in [-0.39, 0.29) is 23.3 Å². The van der Waals surface area contributed by atoms with Crippen LogP contribution in [-0.2, 0) is 9.84 Å². The maximum absolute atomic E-state index is 13.7. The van der Waals surface area contributed by atoms with Crippen molar-refractivity contribution in [3.63, 3.8) is 0 Å². The smallest absolute Gasteiger partial charge is 0.280 e. The number of hydrogen-bond acceptors (Lipinski definition) is 9. The van der Waals surface area contributed by atoms with Crippen molar-refractivity contribution in [2.45, 2.75) is 18.2 Å². The second-order valence-corrected chi connectivity index (χ2v) is 12.3. The second-order valence-electron chi connectivity index (χ2n) is 10.3. The topological polar surface area (TPSA) is 115 Å². The van der Waals surface area contributed by atoms with Gasteiger partial charge in [0.1, 0.15) is 18.1 Å². The summed E-state index contributed by atoms with van der Waals surface area (Å²) < 4.78 is 70.7. The van der Waals surface area contributed by atoms with Gasteiger partial charge in [-0.1, -0.05) is 0 Å². The molecule has 0 radical (unpaired) electrons. The Labute approximate surface area is 248 Å². The van der Waals surface area contributed by atoms with Crippen molar-refractivity contribution in [3.8, 4) is 28.3 Å². The molecule has 1 aliphatic rings. The first-order chi connectivity index (χ1) is 20.5. The molecule has 0 unspecified atom stereocenters. The van der Waals surface area contributed by atoms with Gasteiger partial charge in [0, 0.05) is 55.9 Å². The summed E-state index contributed by atoms with van der Waals surface area (Å²) in [6, 6.07) is 15.4. The summed E-state index contributed by atoms with van der Waals surface area (Å²) in [7, 11) is -3.25. The molecule has 1 fully saturated rings. The average Bonchev–Trinajstić information content (AvgIpc) is 2.97. The van der Waals surface area contributed by atoms with Gasteiger partial charge in [0.2, 0.25) is 11.8 Å². The lowest BCUT2D eigenvalue weighted by molar-refractivity contribution is 0.146. The minimum absolute atomic E-state index is 0.0755. The Morgan fingerprint density at radius 2 is 1.60 bits per heavy atom. The molecule has 2 aromatic heterocycles. The minimum atomic E-state index is -3.25. The molecule has 1 saturated heterocycles. The Balaban J connectivity index is 1.34. The number of rotatable bonds is 9. The van der Waals surface area contributed by atoms with Gasteiger partial charge in [-0.05, 0) is 73.2 Å². The van der Waals surface area contributed by atoms with Crippen molar-refractivity contribution >= 4 is 21.5 Å². The third-order valence-electron chi connectivity index (χ3n) is 7.14.